The largest absolute Gasteiger partial charge is 0.493 e. The molecule has 4 rings (SSSR count). The van der Waals surface area contributed by atoms with Crippen LogP contribution in [0.1, 0.15) is 36.1 Å². The third-order valence-electron chi connectivity index (χ3n) is 5.51. The molecule has 1 aromatic carbocycles. The predicted molar refractivity (Wildman–Crippen MR) is 107 cm³/mol. The van der Waals surface area contributed by atoms with E-state index in [4.69, 9.17) is 20.5 Å². The molecule has 0 spiro atoms. The van der Waals surface area contributed by atoms with Crippen molar-refractivity contribution < 1.29 is 9.47 Å². The van der Waals surface area contributed by atoms with Gasteiger partial charge in [0.15, 0.2) is 11.5 Å². The first-order chi connectivity index (χ1) is 13.7. The number of nitriles is 1. The zero-order valence-electron chi connectivity index (χ0n) is 16.1. The van der Waals surface area contributed by atoms with Gasteiger partial charge in [0.25, 0.3) is 0 Å². The Labute approximate surface area is 165 Å². The van der Waals surface area contributed by atoms with Crippen LogP contribution in [0.25, 0.3) is 0 Å². The second kappa shape index (κ2) is 7.93. The summed E-state index contributed by atoms with van der Waals surface area (Å²) in [5.41, 5.74) is 8.89. The fourth-order valence-corrected chi connectivity index (χ4v) is 4.15. The lowest BCUT2D eigenvalue weighted by molar-refractivity contribution is 0.220. The first-order valence-electron chi connectivity index (χ1n) is 9.79. The van der Waals surface area contributed by atoms with Gasteiger partial charge in [-0.3, -0.25) is 0 Å². The summed E-state index contributed by atoms with van der Waals surface area (Å²) in [5.74, 6) is 3.04. The minimum atomic E-state index is 0.372. The van der Waals surface area contributed by atoms with Gasteiger partial charge in [-0.1, -0.05) is 0 Å². The molecule has 2 heterocycles. The fraction of sp³-hybridized carbons (Fsp3) is 0.476. The lowest BCUT2D eigenvalue weighted by Crippen LogP contribution is -2.39. The van der Waals surface area contributed by atoms with Gasteiger partial charge in [-0.15, -0.1) is 0 Å². The molecule has 1 atom stereocenters. The van der Waals surface area contributed by atoms with Crippen LogP contribution in [0.15, 0.2) is 18.2 Å². The zero-order valence-corrected chi connectivity index (χ0v) is 16.1. The number of benzene rings is 1. The molecule has 7 nitrogen and oxygen atoms in total. The molecule has 0 amide bonds. The number of hydrogen-bond acceptors (Lipinski definition) is 7. The zero-order chi connectivity index (χ0) is 19.5. The summed E-state index contributed by atoms with van der Waals surface area (Å²) >= 11 is 0. The summed E-state index contributed by atoms with van der Waals surface area (Å²) in [6.07, 6.45) is 5.35. The number of ether oxygens (including phenoxy) is 2. The topological polar surface area (TPSA) is 97.3 Å². The Morgan fingerprint density at radius 3 is 2.96 bits per heavy atom. The van der Waals surface area contributed by atoms with E-state index >= 15 is 0 Å². The van der Waals surface area contributed by atoms with E-state index in [1.54, 1.807) is 25.3 Å². The Morgan fingerprint density at radius 1 is 1.25 bits per heavy atom. The molecular weight excluding hydrogens is 354 g/mol. The molecule has 1 unspecified atom stereocenters. The van der Waals surface area contributed by atoms with Crippen molar-refractivity contribution in [1.82, 2.24) is 9.97 Å². The van der Waals surface area contributed by atoms with E-state index in [-0.39, 0.29) is 0 Å². The minimum absolute atomic E-state index is 0.372. The number of anilines is 2. The number of piperidine rings is 1. The Kier molecular flexibility index (Phi) is 5.20. The molecular formula is C21H25N5O2. The van der Waals surface area contributed by atoms with E-state index < -0.39 is 0 Å². The van der Waals surface area contributed by atoms with Gasteiger partial charge >= 0.3 is 0 Å². The maximum atomic E-state index is 9.03. The van der Waals surface area contributed by atoms with Crippen molar-refractivity contribution >= 4 is 11.8 Å². The second-order valence-electron chi connectivity index (χ2n) is 7.43. The number of nitrogen functional groups attached to an aromatic ring is 1. The highest BCUT2D eigenvalue weighted by atomic mass is 16.5. The summed E-state index contributed by atoms with van der Waals surface area (Å²) in [5, 5.41) is 9.03. The van der Waals surface area contributed by atoms with Crippen molar-refractivity contribution in [2.24, 2.45) is 5.92 Å². The van der Waals surface area contributed by atoms with Crippen LogP contribution >= 0.6 is 0 Å². The van der Waals surface area contributed by atoms with Crippen molar-refractivity contribution in [3.63, 3.8) is 0 Å². The van der Waals surface area contributed by atoms with Crippen molar-refractivity contribution in [3.8, 4) is 17.6 Å². The maximum absolute atomic E-state index is 9.03. The van der Waals surface area contributed by atoms with E-state index in [0.29, 0.717) is 35.5 Å². The molecule has 0 radical (unpaired) electrons. The molecule has 2 N–H and O–H groups in total. The van der Waals surface area contributed by atoms with E-state index in [1.165, 1.54) is 5.56 Å². The van der Waals surface area contributed by atoms with Crippen LogP contribution in [-0.4, -0.2) is 36.8 Å². The summed E-state index contributed by atoms with van der Waals surface area (Å²) < 4.78 is 11.4. The third kappa shape index (κ3) is 3.68. The highest BCUT2D eigenvalue weighted by Crippen LogP contribution is 2.33. The normalized spacial score (nSPS) is 18.4. The number of nitrogens with zero attached hydrogens (tertiary/aromatic N) is 4. The van der Waals surface area contributed by atoms with Crippen LogP contribution in [-0.2, 0) is 12.8 Å². The van der Waals surface area contributed by atoms with Crippen LogP contribution in [0, 0.1) is 17.2 Å². The van der Waals surface area contributed by atoms with Gasteiger partial charge in [0, 0.05) is 30.6 Å². The van der Waals surface area contributed by atoms with Crippen molar-refractivity contribution in [2.45, 2.75) is 32.1 Å². The first kappa shape index (κ1) is 18.4. The first-order valence-corrected chi connectivity index (χ1v) is 9.79. The molecule has 146 valence electrons. The molecule has 1 aliphatic carbocycles. The van der Waals surface area contributed by atoms with Crippen LogP contribution < -0.4 is 20.1 Å². The third-order valence-corrected chi connectivity index (χ3v) is 5.51. The van der Waals surface area contributed by atoms with E-state index in [1.807, 2.05) is 0 Å². The molecule has 7 heteroatoms. The van der Waals surface area contributed by atoms with Gasteiger partial charge in [0.05, 0.1) is 31.0 Å². The molecule has 2 aliphatic rings. The average molecular weight is 379 g/mol. The van der Waals surface area contributed by atoms with Gasteiger partial charge in [0.1, 0.15) is 5.82 Å². The molecule has 1 saturated heterocycles. The van der Waals surface area contributed by atoms with Crippen LogP contribution in [0.3, 0.4) is 0 Å². The second-order valence-corrected chi connectivity index (χ2v) is 7.43. The Hall–Kier alpha value is -3.01. The fourth-order valence-electron chi connectivity index (χ4n) is 4.15. The van der Waals surface area contributed by atoms with Gasteiger partial charge in [-0.05, 0) is 44.2 Å². The number of aromatic nitrogens is 2. The minimum Gasteiger partial charge on any atom is -0.493 e. The van der Waals surface area contributed by atoms with Crippen LogP contribution in [0.5, 0.6) is 11.5 Å². The van der Waals surface area contributed by atoms with Gasteiger partial charge in [-0.25, -0.2) is 4.98 Å². The molecule has 28 heavy (non-hydrogen) atoms. The number of nitrogens with two attached hydrogens (primary N) is 1. The summed E-state index contributed by atoms with van der Waals surface area (Å²) in [6, 6.07) is 7.37. The SMILES string of the molecule is COc1cc(C#N)ccc1OCC1CCCN(c2nc(N)nc3c2CCC3)C1. The van der Waals surface area contributed by atoms with Crippen LogP contribution in [0.4, 0.5) is 11.8 Å². The lowest BCUT2D eigenvalue weighted by Gasteiger charge is -2.34. The van der Waals surface area contributed by atoms with Gasteiger partial charge < -0.3 is 20.1 Å². The molecule has 0 saturated carbocycles. The van der Waals surface area contributed by atoms with Crippen molar-refractivity contribution in [2.75, 3.05) is 37.4 Å². The molecule has 1 aromatic heterocycles. The highest BCUT2D eigenvalue weighted by molar-refractivity contribution is 5.54. The quantitative estimate of drug-likeness (QED) is 0.853. The maximum Gasteiger partial charge on any atom is 0.222 e. The van der Waals surface area contributed by atoms with E-state index in [9.17, 15) is 0 Å². The monoisotopic (exact) mass is 379 g/mol. The summed E-state index contributed by atoms with van der Waals surface area (Å²) in [6.45, 7) is 2.47. The van der Waals surface area contributed by atoms with Crippen molar-refractivity contribution in [1.29, 1.82) is 5.26 Å². The Bertz CT molecular complexity index is 908. The molecule has 1 aliphatic heterocycles. The molecule has 0 bridgehead atoms. The molecule has 1 fully saturated rings. The predicted octanol–water partition coefficient (Wildman–Crippen LogP) is 2.72. The summed E-state index contributed by atoms with van der Waals surface area (Å²) in [7, 11) is 1.59. The van der Waals surface area contributed by atoms with E-state index in [2.05, 4.69) is 20.9 Å². The van der Waals surface area contributed by atoms with Crippen molar-refractivity contribution in [3.05, 3.63) is 35.0 Å². The number of methoxy groups -OCH3 is 1. The number of fused-ring (bicyclic) bond motifs is 1. The van der Waals surface area contributed by atoms with Gasteiger partial charge in [0.2, 0.25) is 5.95 Å². The molecule has 2 aromatic rings. The number of rotatable bonds is 5. The lowest BCUT2D eigenvalue weighted by atomic mass is 9.98. The summed E-state index contributed by atoms with van der Waals surface area (Å²) in [4.78, 5) is 11.3. The van der Waals surface area contributed by atoms with Crippen LogP contribution in [0.2, 0.25) is 0 Å². The van der Waals surface area contributed by atoms with Gasteiger partial charge in [-0.2, -0.15) is 10.2 Å². The average Bonchev–Trinajstić information content (AvgIpc) is 3.20. The van der Waals surface area contributed by atoms with E-state index in [0.717, 1.165) is 56.7 Å². The number of hydrogen-bond donors (Lipinski definition) is 1. The Morgan fingerprint density at radius 2 is 2.14 bits per heavy atom. The Balaban J connectivity index is 1.45. The standard InChI is InChI=1S/C21H25N5O2/c1-27-19-10-14(11-22)7-8-18(19)28-13-15-4-3-9-26(12-15)20-16-5-2-6-17(16)24-21(23)25-20/h7-8,10,15H,2-6,9,12-13H2,1H3,(H2,23,24,25). The highest BCUT2D eigenvalue weighted by Gasteiger charge is 2.27. The number of aryl methyl sites for hydroxylation is 1. The smallest absolute Gasteiger partial charge is 0.222 e.